The fourth-order valence-corrected chi connectivity index (χ4v) is 4.24. The van der Waals surface area contributed by atoms with E-state index in [1.165, 1.54) is 12.8 Å². The van der Waals surface area contributed by atoms with Crippen LogP contribution in [-0.2, 0) is 9.47 Å². The highest BCUT2D eigenvalue weighted by atomic mass is 127. The Morgan fingerprint density at radius 2 is 1.84 bits per heavy atom. The zero-order chi connectivity index (χ0) is 17.3. The predicted molar refractivity (Wildman–Crippen MR) is 112 cm³/mol. The zero-order valence-corrected chi connectivity index (χ0v) is 18.6. The Balaban J connectivity index is 0.00000225. The molecular weight excluding hydrogens is 431 g/mol. The van der Waals surface area contributed by atoms with E-state index in [9.17, 15) is 0 Å². The molecule has 146 valence electrons. The Hall–Kier alpha value is -0.120. The van der Waals surface area contributed by atoms with E-state index in [1.807, 2.05) is 7.05 Å². The quantitative estimate of drug-likeness (QED) is 0.377. The molecular formula is C18H35IN4O2. The van der Waals surface area contributed by atoms with Gasteiger partial charge in [0, 0.05) is 32.2 Å². The molecule has 6 nitrogen and oxygen atoms in total. The van der Waals surface area contributed by atoms with Crippen molar-refractivity contribution in [2.45, 2.75) is 83.0 Å². The van der Waals surface area contributed by atoms with Crippen molar-refractivity contribution in [1.82, 2.24) is 15.5 Å². The molecule has 3 fully saturated rings. The highest BCUT2D eigenvalue weighted by Crippen LogP contribution is 2.34. The summed E-state index contributed by atoms with van der Waals surface area (Å²) in [7, 11) is 1.84. The summed E-state index contributed by atoms with van der Waals surface area (Å²) in [5, 5.41) is 7.08. The lowest BCUT2D eigenvalue weighted by molar-refractivity contribution is -0.0946. The second-order valence-electron chi connectivity index (χ2n) is 8.26. The van der Waals surface area contributed by atoms with Gasteiger partial charge in [-0.25, -0.2) is 0 Å². The summed E-state index contributed by atoms with van der Waals surface area (Å²) in [5.41, 5.74) is 0.0507. The number of nitrogens with zero attached hydrogens (tertiary/aromatic N) is 2. The molecule has 7 heteroatoms. The SMILES string of the molecule is CN=C(NCC(C)(C)N1CC(C)OC(C)C1)NC1CC2CCC1O2.I. The van der Waals surface area contributed by atoms with Crippen molar-refractivity contribution in [3.8, 4) is 0 Å². The smallest absolute Gasteiger partial charge is 0.191 e. The van der Waals surface area contributed by atoms with Crippen molar-refractivity contribution >= 4 is 29.9 Å². The van der Waals surface area contributed by atoms with Gasteiger partial charge in [0.05, 0.1) is 30.5 Å². The van der Waals surface area contributed by atoms with Gasteiger partial charge in [-0.05, 0) is 47.0 Å². The van der Waals surface area contributed by atoms with Crippen LogP contribution >= 0.6 is 24.0 Å². The van der Waals surface area contributed by atoms with Crippen molar-refractivity contribution in [2.75, 3.05) is 26.7 Å². The number of aliphatic imine (C=N–C) groups is 1. The molecule has 0 aromatic rings. The van der Waals surface area contributed by atoms with E-state index < -0.39 is 0 Å². The molecule has 3 heterocycles. The number of morpholine rings is 1. The first-order valence-electron chi connectivity index (χ1n) is 9.40. The summed E-state index contributed by atoms with van der Waals surface area (Å²) in [6.45, 7) is 11.7. The first-order chi connectivity index (χ1) is 11.4. The summed E-state index contributed by atoms with van der Waals surface area (Å²) in [5.74, 6) is 0.888. The minimum Gasteiger partial charge on any atom is -0.373 e. The second kappa shape index (κ2) is 8.71. The number of fused-ring (bicyclic) bond motifs is 2. The monoisotopic (exact) mass is 466 g/mol. The molecule has 0 spiro atoms. The average Bonchev–Trinajstić information content (AvgIpc) is 3.13. The van der Waals surface area contributed by atoms with Gasteiger partial charge in [0.2, 0.25) is 0 Å². The average molecular weight is 466 g/mol. The lowest BCUT2D eigenvalue weighted by atomic mass is 9.95. The highest BCUT2D eigenvalue weighted by molar-refractivity contribution is 14.0. The van der Waals surface area contributed by atoms with Crippen molar-refractivity contribution in [1.29, 1.82) is 0 Å². The van der Waals surface area contributed by atoms with Gasteiger partial charge < -0.3 is 20.1 Å². The largest absolute Gasteiger partial charge is 0.373 e. The lowest BCUT2D eigenvalue weighted by Crippen LogP contribution is -2.60. The molecule has 0 amide bonds. The Kier molecular flexibility index (Phi) is 7.38. The summed E-state index contributed by atoms with van der Waals surface area (Å²) in [6.07, 6.45) is 4.89. The van der Waals surface area contributed by atoms with E-state index in [2.05, 4.69) is 48.2 Å². The van der Waals surface area contributed by atoms with Crippen LogP contribution in [0.4, 0.5) is 0 Å². The molecule has 0 saturated carbocycles. The normalized spacial score (nSPS) is 36.2. The Morgan fingerprint density at radius 1 is 1.16 bits per heavy atom. The summed E-state index contributed by atoms with van der Waals surface area (Å²) < 4.78 is 11.8. The van der Waals surface area contributed by atoms with E-state index in [4.69, 9.17) is 9.47 Å². The van der Waals surface area contributed by atoms with Gasteiger partial charge >= 0.3 is 0 Å². The molecule has 5 unspecified atom stereocenters. The molecule has 3 aliphatic heterocycles. The number of rotatable bonds is 4. The highest BCUT2D eigenvalue weighted by Gasteiger charge is 2.41. The Labute approximate surface area is 169 Å². The second-order valence-corrected chi connectivity index (χ2v) is 8.26. The number of hydrogen-bond acceptors (Lipinski definition) is 4. The Bertz CT molecular complexity index is 464. The Morgan fingerprint density at radius 3 is 2.36 bits per heavy atom. The summed E-state index contributed by atoms with van der Waals surface area (Å²) in [4.78, 5) is 6.93. The maximum atomic E-state index is 5.93. The maximum absolute atomic E-state index is 5.93. The van der Waals surface area contributed by atoms with E-state index in [1.54, 1.807) is 0 Å². The number of halogens is 1. The van der Waals surface area contributed by atoms with Gasteiger partial charge in [0.1, 0.15) is 0 Å². The molecule has 0 aromatic heterocycles. The van der Waals surface area contributed by atoms with Crippen LogP contribution in [0.1, 0.15) is 47.0 Å². The summed E-state index contributed by atoms with van der Waals surface area (Å²) >= 11 is 0. The minimum atomic E-state index is 0. The van der Waals surface area contributed by atoms with Crippen LogP contribution in [-0.4, -0.2) is 73.5 Å². The van der Waals surface area contributed by atoms with Crippen molar-refractivity contribution in [2.24, 2.45) is 4.99 Å². The first kappa shape index (κ1) is 21.2. The van der Waals surface area contributed by atoms with Crippen LogP contribution in [0, 0.1) is 0 Å². The standard InChI is InChI=1S/C18H34N4O2.HI/c1-12-9-22(10-13(2)23-12)18(3,4)11-20-17(19-5)21-15-8-14-6-7-16(15)24-14;/h12-16H,6-11H2,1-5H3,(H2,19,20,21);1H. The fraction of sp³-hybridized carbons (Fsp3) is 0.944. The first-order valence-corrected chi connectivity index (χ1v) is 9.40. The van der Waals surface area contributed by atoms with Gasteiger partial charge in [0.25, 0.3) is 0 Å². The lowest BCUT2D eigenvalue weighted by Gasteiger charge is -2.45. The van der Waals surface area contributed by atoms with E-state index in [-0.39, 0.29) is 41.7 Å². The van der Waals surface area contributed by atoms with Crippen LogP contribution in [0.5, 0.6) is 0 Å². The third-order valence-electron chi connectivity index (χ3n) is 5.62. The summed E-state index contributed by atoms with van der Waals surface area (Å²) in [6, 6.07) is 0.404. The van der Waals surface area contributed by atoms with Crippen molar-refractivity contribution in [3.05, 3.63) is 0 Å². The molecule has 3 saturated heterocycles. The van der Waals surface area contributed by atoms with Gasteiger partial charge in [-0.2, -0.15) is 0 Å². The number of guanidine groups is 1. The maximum Gasteiger partial charge on any atom is 0.191 e. The third kappa shape index (κ3) is 5.20. The molecule has 3 aliphatic rings. The zero-order valence-electron chi connectivity index (χ0n) is 16.2. The van der Waals surface area contributed by atoms with Crippen molar-refractivity contribution < 1.29 is 9.47 Å². The molecule has 25 heavy (non-hydrogen) atoms. The molecule has 0 aromatic carbocycles. The number of nitrogens with one attached hydrogen (secondary N) is 2. The van der Waals surface area contributed by atoms with E-state index in [0.29, 0.717) is 18.2 Å². The number of ether oxygens (including phenoxy) is 2. The van der Waals surface area contributed by atoms with Crippen LogP contribution < -0.4 is 10.6 Å². The van der Waals surface area contributed by atoms with Crippen LogP contribution in [0.15, 0.2) is 4.99 Å². The van der Waals surface area contributed by atoms with E-state index in [0.717, 1.165) is 32.0 Å². The van der Waals surface area contributed by atoms with Gasteiger partial charge in [0.15, 0.2) is 5.96 Å². The topological polar surface area (TPSA) is 58.1 Å². The van der Waals surface area contributed by atoms with Gasteiger partial charge in [-0.1, -0.05) is 0 Å². The van der Waals surface area contributed by atoms with Gasteiger partial charge in [-0.15, -0.1) is 24.0 Å². The molecule has 3 rings (SSSR count). The van der Waals surface area contributed by atoms with Crippen LogP contribution in [0.3, 0.4) is 0 Å². The van der Waals surface area contributed by atoms with Crippen LogP contribution in [0.25, 0.3) is 0 Å². The molecule has 0 radical (unpaired) electrons. The molecule has 5 atom stereocenters. The number of hydrogen-bond donors (Lipinski definition) is 2. The van der Waals surface area contributed by atoms with Crippen molar-refractivity contribution in [3.63, 3.8) is 0 Å². The molecule has 2 bridgehead atoms. The molecule has 2 N–H and O–H groups in total. The predicted octanol–water partition coefficient (Wildman–Crippen LogP) is 1.98. The van der Waals surface area contributed by atoms with E-state index >= 15 is 0 Å². The molecule has 0 aliphatic carbocycles. The van der Waals surface area contributed by atoms with Gasteiger partial charge in [-0.3, -0.25) is 9.89 Å². The minimum absolute atomic E-state index is 0. The van der Waals surface area contributed by atoms with Crippen LogP contribution in [0.2, 0.25) is 0 Å². The third-order valence-corrected chi connectivity index (χ3v) is 5.62. The fourth-order valence-electron chi connectivity index (χ4n) is 4.24.